The average Bonchev–Trinajstić information content (AvgIpc) is 2.97. The number of rotatable bonds is 10. The topological polar surface area (TPSA) is 167 Å². The van der Waals surface area contributed by atoms with Gasteiger partial charge < -0.3 is 28.4 Å². The lowest BCUT2D eigenvalue weighted by atomic mass is 10.3. The van der Waals surface area contributed by atoms with Crippen molar-refractivity contribution in [1.29, 1.82) is 0 Å². The summed E-state index contributed by atoms with van der Waals surface area (Å²) in [5.41, 5.74) is -0.850. The average molecular weight is 601 g/mol. The molecule has 0 unspecified atom stereocenters. The molecule has 44 heavy (non-hydrogen) atoms. The van der Waals surface area contributed by atoms with E-state index in [1.165, 1.54) is 60.7 Å². The number of nitrogens with zero attached hydrogens (tertiary/aromatic N) is 4. The second-order valence-electron chi connectivity index (χ2n) is 9.00. The third-order valence-corrected chi connectivity index (χ3v) is 5.79. The fraction of sp³-hybridized carbons (Fsp3) is 0.133. The van der Waals surface area contributed by atoms with Gasteiger partial charge in [0.2, 0.25) is 11.8 Å². The van der Waals surface area contributed by atoms with Crippen LogP contribution in [0.1, 0.15) is 12.8 Å². The van der Waals surface area contributed by atoms with Gasteiger partial charge in [-0.05, 0) is 12.8 Å². The molecule has 0 spiro atoms. The Balaban J connectivity index is 1.66. The summed E-state index contributed by atoms with van der Waals surface area (Å²) < 4.78 is 35.1. The van der Waals surface area contributed by atoms with Crippen molar-refractivity contribution < 1.29 is 38.3 Å². The zero-order valence-electron chi connectivity index (χ0n) is 23.0. The first kappa shape index (κ1) is 29.3. The van der Waals surface area contributed by atoms with E-state index in [1.54, 1.807) is 12.2 Å². The summed E-state index contributed by atoms with van der Waals surface area (Å²) in [6, 6.07) is 13.8. The van der Waals surface area contributed by atoms with Crippen LogP contribution in [0.4, 0.5) is 11.4 Å². The maximum absolute atomic E-state index is 11.8. The summed E-state index contributed by atoms with van der Waals surface area (Å²) in [4.78, 5) is 30.8. The fourth-order valence-electron chi connectivity index (χ4n) is 3.85. The lowest BCUT2D eigenvalue weighted by molar-refractivity contribution is -0.386. The van der Waals surface area contributed by atoms with Crippen molar-refractivity contribution in [2.24, 2.45) is 0 Å². The van der Waals surface area contributed by atoms with Gasteiger partial charge in [-0.15, -0.1) is 13.2 Å². The summed E-state index contributed by atoms with van der Waals surface area (Å²) in [5, 5.41) is 23.6. The molecule has 2 aromatic heterocycles. The Morgan fingerprint density at radius 3 is 1.39 bits per heavy atom. The highest BCUT2D eigenvalue weighted by Crippen LogP contribution is 2.40. The Hall–Kier alpha value is -6.18. The van der Waals surface area contributed by atoms with E-state index in [0.717, 1.165) is 0 Å². The Labute approximate surface area is 250 Å². The minimum absolute atomic E-state index is 0.0622. The number of ether oxygens (including phenoxy) is 6. The second kappa shape index (κ2) is 13.2. The Morgan fingerprint density at radius 2 is 1.02 bits per heavy atom. The first-order chi connectivity index (χ1) is 21.3. The van der Waals surface area contributed by atoms with Gasteiger partial charge >= 0.3 is 23.1 Å². The quantitative estimate of drug-likeness (QED) is 0.0664. The van der Waals surface area contributed by atoms with Crippen molar-refractivity contribution in [3.8, 4) is 58.0 Å². The molecular weight excluding hydrogens is 576 g/mol. The Kier molecular flexibility index (Phi) is 8.80. The molecule has 0 fully saturated rings. The Morgan fingerprint density at radius 1 is 0.636 bits per heavy atom. The molecule has 1 aliphatic rings. The zero-order valence-corrected chi connectivity index (χ0v) is 23.0. The summed E-state index contributed by atoms with van der Waals surface area (Å²) in [7, 11) is 0. The van der Waals surface area contributed by atoms with Gasteiger partial charge in [0, 0.05) is 60.7 Å². The smallest absolute Gasteiger partial charge is 0.331 e. The minimum Gasteiger partial charge on any atom is -0.493 e. The van der Waals surface area contributed by atoms with E-state index in [0.29, 0.717) is 24.3 Å². The predicted octanol–water partition coefficient (Wildman–Crippen LogP) is 7.69. The van der Waals surface area contributed by atoms with Gasteiger partial charge in [0.25, 0.3) is 0 Å². The first-order valence-electron chi connectivity index (χ1n) is 13.1. The monoisotopic (exact) mass is 600 g/mol. The van der Waals surface area contributed by atoms with Crippen LogP contribution in [-0.4, -0.2) is 33.0 Å². The standard InChI is InChI=1S/C30H24N4O10/c1-3-5-11-39-19-13-21-17-23(15-19)43-29-25(33(35)36)8-10-28(32-29)42-22-14-20(40-12-6-4-2)16-24(18-22)44-30-26(34(37)38)7-9-27(31-30)41-21/h3-4,7-10,13-18H,1-2,5-6,11-12H2. The van der Waals surface area contributed by atoms with E-state index in [4.69, 9.17) is 28.4 Å². The van der Waals surface area contributed by atoms with Crippen LogP contribution in [0.25, 0.3) is 0 Å². The van der Waals surface area contributed by atoms with Crippen LogP contribution in [-0.2, 0) is 0 Å². The zero-order chi connectivity index (χ0) is 31.1. The molecule has 224 valence electrons. The molecule has 0 aliphatic carbocycles. The molecule has 5 rings (SSSR count). The molecule has 4 aromatic rings. The van der Waals surface area contributed by atoms with Crippen LogP contribution < -0.4 is 28.4 Å². The molecule has 8 bridgehead atoms. The number of hydrogen-bond donors (Lipinski definition) is 0. The van der Waals surface area contributed by atoms with Crippen LogP contribution in [0.15, 0.2) is 86.0 Å². The molecule has 1 aliphatic heterocycles. The minimum atomic E-state index is -0.644. The lowest BCUT2D eigenvalue weighted by Gasteiger charge is -2.15. The number of benzene rings is 2. The molecule has 0 atom stereocenters. The summed E-state index contributed by atoms with van der Waals surface area (Å²) in [5.74, 6) is 0.194. The highest BCUT2D eigenvalue weighted by Gasteiger charge is 2.23. The van der Waals surface area contributed by atoms with Gasteiger partial charge in [-0.25, -0.2) is 0 Å². The normalized spacial score (nSPS) is 11.5. The van der Waals surface area contributed by atoms with Crippen LogP contribution in [0, 0.1) is 20.2 Å². The number of pyridine rings is 2. The summed E-state index contributed by atoms with van der Waals surface area (Å²) in [6.07, 6.45) is 4.43. The first-order valence-corrected chi connectivity index (χ1v) is 13.1. The van der Waals surface area contributed by atoms with Gasteiger partial charge in [-0.3, -0.25) is 20.2 Å². The lowest BCUT2D eigenvalue weighted by Crippen LogP contribution is -2.02. The van der Waals surface area contributed by atoms with E-state index in [9.17, 15) is 20.2 Å². The van der Waals surface area contributed by atoms with Crippen molar-refractivity contribution in [3.63, 3.8) is 0 Å². The van der Waals surface area contributed by atoms with Crippen LogP contribution in [0.2, 0.25) is 0 Å². The molecule has 0 saturated carbocycles. The van der Waals surface area contributed by atoms with E-state index < -0.39 is 21.2 Å². The number of hydrogen-bond acceptors (Lipinski definition) is 12. The molecule has 14 nitrogen and oxygen atoms in total. The third kappa shape index (κ3) is 7.17. The maximum atomic E-state index is 11.8. The molecule has 0 radical (unpaired) electrons. The van der Waals surface area contributed by atoms with Gasteiger partial charge in [0.1, 0.15) is 34.5 Å². The van der Waals surface area contributed by atoms with Crippen LogP contribution >= 0.6 is 0 Å². The second-order valence-corrected chi connectivity index (χ2v) is 9.00. The van der Waals surface area contributed by atoms with E-state index >= 15 is 0 Å². The summed E-state index contributed by atoms with van der Waals surface area (Å²) in [6.45, 7) is 7.89. The van der Waals surface area contributed by atoms with Crippen molar-refractivity contribution in [1.82, 2.24) is 9.97 Å². The van der Waals surface area contributed by atoms with Crippen LogP contribution in [0.5, 0.6) is 58.0 Å². The van der Waals surface area contributed by atoms with Gasteiger partial charge in [-0.1, -0.05) is 12.2 Å². The predicted molar refractivity (Wildman–Crippen MR) is 156 cm³/mol. The molecule has 0 N–H and O–H groups in total. The van der Waals surface area contributed by atoms with Gasteiger partial charge in [0.05, 0.1) is 23.1 Å². The van der Waals surface area contributed by atoms with Crippen molar-refractivity contribution >= 4 is 11.4 Å². The highest BCUT2D eigenvalue weighted by atomic mass is 16.6. The van der Waals surface area contributed by atoms with Crippen molar-refractivity contribution in [3.05, 3.63) is 106 Å². The number of nitro groups is 2. The third-order valence-electron chi connectivity index (χ3n) is 5.79. The number of fused-ring (bicyclic) bond motifs is 8. The SMILES string of the molecule is C=CCCOc1cc2cc(c1)Oc1nc(ccc1[N+](=O)[O-])Oc1cc(OCCC=C)cc(c1)Oc1nc(ccc1[N+](=O)[O-])O2. The van der Waals surface area contributed by atoms with Crippen LogP contribution in [0.3, 0.4) is 0 Å². The molecule has 14 heteroatoms. The van der Waals surface area contributed by atoms with Gasteiger partial charge in [-0.2, -0.15) is 9.97 Å². The van der Waals surface area contributed by atoms with Crippen molar-refractivity contribution in [2.45, 2.75) is 12.8 Å². The summed E-state index contributed by atoms with van der Waals surface area (Å²) >= 11 is 0. The molecule has 3 heterocycles. The number of aromatic nitrogens is 2. The largest absolute Gasteiger partial charge is 0.493 e. The Bertz CT molecular complexity index is 1620. The van der Waals surface area contributed by atoms with E-state index in [1.807, 2.05) is 0 Å². The van der Waals surface area contributed by atoms with Gasteiger partial charge in [0.15, 0.2) is 0 Å². The van der Waals surface area contributed by atoms with E-state index in [-0.39, 0.29) is 59.7 Å². The van der Waals surface area contributed by atoms with E-state index in [2.05, 4.69) is 23.1 Å². The highest BCUT2D eigenvalue weighted by molar-refractivity contribution is 5.52. The maximum Gasteiger partial charge on any atom is 0.331 e. The molecule has 0 amide bonds. The molecular formula is C30H24N4O10. The van der Waals surface area contributed by atoms with Crippen molar-refractivity contribution in [2.75, 3.05) is 13.2 Å². The molecule has 2 aromatic carbocycles. The fourth-order valence-corrected chi connectivity index (χ4v) is 3.85. The molecule has 0 saturated heterocycles.